The van der Waals surface area contributed by atoms with Crippen molar-refractivity contribution < 1.29 is 17.9 Å². The van der Waals surface area contributed by atoms with Crippen LogP contribution in [0.25, 0.3) is 0 Å². The highest BCUT2D eigenvalue weighted by atomic mass is 32.2. The molecule has 0 heterocycles. The Morgan fingerprint density at radius 1 is 1.15 bits per heavy atom. The van der Waals surface area contributed by atoms with Crippen LogP contribution in [0.1, 0.15) is 32.1 Å². The fraction of sp³-hybridized carbons (Fsp3) is 0.533. The first-order valence-electron chi connectivity index (χ1n) is 6.92. The molecule has 2 rings (SSSR count). The Balaban J connectivity index is 1.89. The fourth-order valence-electron chi connectivity index (χ4n) is 2.48. The maximum atomic E-state index is 12.0. The number of benzene rings is 1. The Bertz CT molecular complexity index is 554. The number of rotatable bonds is 5. The van der Waals surface area contributed by atoms with Gasteiger partial charge in [0.05, 0.1) is 4.90 Å². The van der Waals surface area contributed by atoms with Crippen LogP contribution in [0.2, 0.25) is 0 Å². The van der Waals surface area contributed by atoms with Gasteiger partial charge in [0.15, 0.2) is 15.6 Å². The third kappa shape index (κ3) is 4.07. The van der Waals surface area contributed by atoms with E-state index in [2.05, 4.69) is 0 Å². The Morgan fingerprint density at radius 2 is 1.75 bits per heavy atom. The lowest BCUT2D eigenvalue weighted by Crippen LogP contribution is -2.23. The lowest BCUT2D eigenvalue weighted by Gasteiger charge is -2.20. The summed E-state index contributed by atoms with van der Waals surface area (Å²) >= 11 is 0. The van der Waals surface area contributed by atoms with Crippen LogP contribution in [0.4, 0.5) is 0 Å². The Kier molecular flexibility index (Phi) is 4.81. The number of ether oxygens (including phenoxy) is 1. The van der Waals surface area contributed by atoms with Gasteiger partial charge in [-0.1, -0.05) is 19.3 Å². The van der Waals surface area contributed by atoms with E-state index in [-0.39, 0.29) is 23.2 Å². The summed E-state index contributed by atoms with van der Waals surface area (Å²) in [6, 6.07) is 6.17. The summed E-state index contributed by atoms with van der Waals surface area (Å²) < 4.78 is 28.1. The molecule has 0 bridgehead atoms. The zero-order valence-electron chi connectivity index (χ0n) is 11.7. The van der Waals surface area contributed by atoms with E-state index in [4.69, 9.17) is 4.74 Å². The van der Waals surface area contributed by atoms with Crippen molar-refractivity contribution in [2.75, 3.05) is 12.9 Å². The highest BCUT2D eigenvalue weighted by Crippen LogP contribution is 2.24. The second kappa shape index (κ2) is 6.39. The molecule has 5 heteroatoms. The topological polar surface area (TPSA) is 60.4 Å². The van der Waals surface area contributed by atoms with E-state index in [9.17, 15) is 13.2 Å². The second-order valence-electron chi connectivity index (χ2n) is 5.33. The van der Waals surface area contributed by atoms with Crippen LogP contribution in [-0.2, 0) is 14.6 Å². The minimum Gasteiger partial charge on any atom is -0.486 e. The molecule has 0 saturated heterocycles. The van der Waals surface area contributed by atoms with Crippen LogP contribution >= 0.6 is 0 Å². The average molecular weight is 296 g/mol. The Morgan fingerprint density at radius 3 is 2.30 bits per heavy atom. The van der Waals surface area contributed by atoms with E-state index in [1.807, 2.05) is 0 Å². The van der Waals surface area contributed by atoms with Crippen molar-refractivity contribution in [2.24, 2.45) is 5.92 Å². The highest BCUT2D eigenvalue weighted by molar-refractivity contribution is 7.90. The molecular weight excluding hydrogens is 276 g/mol. The van der Waals surface area contributed by atoms with Crippen molar-refractivity contribution in [3.63, 3.8) is 0 Å². The summed E-state index contributed by atoms with van der Waals surface area (Å²) in [6.45, 7) is 0.0723. The van der Waals surface area contributed by atoms with Gasteiger partial charge in [-0.3, -0.25) is 4.79 Å². The molecule has 0 radical (unpaired) electrons. The molecule has 1 saturated carbocycles. The normalized spacial score (nSPS) is 16.9. The Hall–Kier alpha value is -1.36. The average Bonchev–Trinajstić information content (AvgIpc) is 2.45. The monoisotopic (exact) mass is 296 g/mol. The number of carbonyl (C=O) groups excluding carboxylic acids is 1. The summed E-state index contributed by atoms with van der Waals surface area (Å²) in [5.74, 6) is 0.817. The van der Waals surface area contributed by atoms with Gasteiger partial charge in [-0.15, -0.1) is 0 Å². The molecule has 0 aromatic heterocycles. The number of Topliss-reactive ketones (excluding diaryl/α,β-unsaturated/α-hetero) is 1. The summed E-state index contributed by atoms with van der Waals surface area (Å²) in [5, 5.41) is 0. The summed E-state index contributed by atoms with van der Waals surface area (Å²) in [6.07, 6.45) is 6.57. The van der Waals surface area contributed by atoms with Crippen LogP contribution in [0, 0.1) is 5.92 Å². The van der Waals surface area contributed by atoms with E-state index in [0.717, 1.165) is 31.9 Å². The minimum atomic E-state index is -3.19. The van der Waals surface area contributed by atoms with Crippen LogP contribution in [0.15, 0.2) is 29.2 Å². The first-order chi connectivity index (χ1) is 9.47. The molecule has 0 spiro atoms. The van der Waals surface area contributed by atoms with Crippen LogP contribution < -0.4 is 4.74 Å². The zero-order chi connectivity index (χ0) is 14.6. The Labute approximate surface area is 120 Å². The summed E-state index contributed by atoms with van der Waals surface area (Å²) in [7, 11) is -3.19. The highest BCUT2D eigenvalue weighted by Gasteiger charge is 2.21. The van der Waals surface area contributed by atoms with Crippen molar-refractivity contribution in [3.8, 4) is 5.75 Å². The predicted octanol–water partition coefficient (Wildman–Crippen LogP) is 2.62. The quantitative estimate of drug-likeness (QED) is 0.838. The van der Waals surface area contributed by atoms with Crippen molar-refractivity contribution in [1.29, 1.82) is 0 Å². The van der Waals surface area contributed by atoms with Gasteiger partial charge >= 0.3 is 0 Å². The molecule has 1 fully saturated rings. The van der Waals surface area contributed by atoms with E-state index < -0.39 is 9.84 Å². The fourth-order valence-corrected chi connectivity index (χ4v) is 3.11. The van der Waals surface area contributed by atoms with Crippen molar-refractivity contribution in [3.05, 3.63) is 24.3 Å². The molecule has 110 valence electrons. The molecular formula is C15H20O4S. The summed E-state index contributed by atoms with van der Waals surface area (Å²) in [5.41, 5.74) is 0. The molecule has 1 aromatic carbocycles. The van der Waals surface area contributed by atoms with Crippen molar-refractivity contribution in [1.82, 2.24) is 0 Å². The largest absolute Gasteiger partial charge is 0.486 e. The van der Waals surface area contributed by atoms with Crippen molar-refractivity contribution >= 4 is 15.6 Å². The van der Waals surface area contributed by atoms with Gasteiger partial charge in [-0.2, -0.15) is 0 Å². The molecule has 0 atom stereocenters. The number of sulfone groups is 1. The standard InChI is InChI=1S/C15H20O4S/c1-20(17,18)14-9-7-13(8-10-14)19-11-15(16)12-5-3-2-4-6-12/h7-10,12H,2-6,11H2,1H3. The van der Waals surface area contributed by atoms with Crippen LogP contribution in [0.5, 0.6) is 5.75 Å². The molecule has 1 aliphatic rings. The van der Waals surface area contributed by atoms with E-state index >= 15 is 0 Å². The molecule has 20 heavy (non-hydrogen) atoms. The van der Waals surface area contributed by atoms with Gasteiger partial charge in [0.2, 0.25) is 0 Å². The number of hydrogen-bond acceptors (Lipinski definition) is 4. The lowest BCUT2D eigenvalue weighted by molar-refractivity contribution is -0.125. The predicted molar refractivity (Wildman–Crippen MR) is 76.6 cm³/mol. The molecule has 0 N–H and O–H groups in total. The molecule has 1 aliphatic carbocycles. The third-order valence-electron chi connectivity index (χ3n) is 3.69. The smallest absolute Gasteiger partial charge is 0.175 e. The number of carbonyl (C=O) groups is 1. The third-order valence-corrected chi connectivity index (χ3v) is 4.82. The van der Waals surface area contributed by atoms with E-state index in [0.29, 0.717) is 5.75 Å². The zero-order valence-corrected chi connectivity index (χ0v) is 12.5. The second-order valence-corrected chi connectivity index (χ2v) is 7.35. The van der Waals surface area contributed by atoms with Gasteiger partial charge < -0.3 is 4.74 Å². The lowest BCUT2D eigenvalue weighted by atomic mass is 9.86. The molecule has 1 aromatic rings. The van der Waals surface area contributed by atoms with E-state index in [1.165, 1.54) is 18.6 Å². The molecule has 0 amide bonds. The maximum absolute atomic E-state index is 12.0. The first kappa shape index (κ1) is 15.0. The minimum absolute atomic E-state index is 0.0723. The summed E-state index contributed by atoms with van der Waals surface area (Å²) in [4.78, 5) is 12.2. The van der Waals surface area contributed by atoms with Gasteiger partial charge in [0.1, 0.15) is 12.4 Å². The van der Waals surface area contributed by atoms with Crippen LogP contribution in [-0.4, -0.2) is 27.1 Å². The number of hydrogen-bond donors (Lipinski definition) is 0. The first-order valence-corrected chi connectivity index (χ1v) is 8.81. The SMILES string of the molecule is CS(=O)(=O)c1ccc(OCC(=O)C2CCCCC2)cc1. The van der Waals surface area contributed by atoms with Gasteiger partial charge in [0, 0.05) is 12.2 Å². The van der Waals surface area contributed by atoms with Gasteiger partial charge in [-0.25, -0.2) is 8.42 Å². The molecule has 4 nitrogen and oxygen atoms in total. The molecule has 0 aliphatic heterocycles. The maximum Gasteiger partial charge on any atom is 0.175 e. The van der Waals surface area contributed by atoms with Crippen molar-refractivity contribution in [2.45, 2.75) is 37.0 Å². The number of ketones is 1. The van der Waals surface area contributed by atoms with Gasteiger partial charge in [-0.05, 0) is 37.1 Å². The van der Waals surface area contributed by atoms with E-state index in [1.54, 1.807) is 12.1 Å². The van der Waals surface area contributed by atoms with Crippen LogP contribution in [0.3, 0.4) is 0 Å². The van der Waals surface area contributed by atoms with Gasteiger partial charge in [0.25, 0.3) is 0 Å². The molecule has 0 unspecified atom stereocenters.